The van der Waals surface area contributed by atoms with E-state index in [-0.39, 0.29) is 12.5 Å². The Hall–Kier alpha value is -3.60. The van der Waals surface area contributed by atoms with Crippen LogP contribution in [0, 0.1) is 13.8 Å². The summed E-state index contributed by atoms with van der Waals surface area (Å²) in [5, 5.41) is 4.00. The molecule has 0 aliphatic carbocycles. The van der Waals surface area contributed by atoms with Crippen LogP contribution in [0.5, 0.6) is 11.5 Å². The molecule has 1 N–H and O–H groups in total. The molecule has 3 rings (SSSR count). The van der Waals surface area contributed by atoms with Crippen molar-refractivity contribution in [2.75, 3.05) is 6.61 Å². The molecule has 1 amide bonds. The molecule has 0 aromatic heterocycles. The van der Waals surface area contributed by atoms with Crippen LogP contribution >= 0.6 is 0 Å². The molecule has 0 aliphatic rings. The van der Waals surface area contributed by atoms with Gasteiger partial charge in [-0.2, -0.15) is 5.10 Å². The molecular weight excluding hydrogens is 364 g/mol. The van der Waals surface area contributed by atoms with Crippen LogP contribution in [0.2, 0.25) is 0 Å². The van der Waals surface area contributed by atoms with Crippen molar-refractivity contribution in [3.63, 3.8) is 0 Å². The van der Waals surface area contributed by atoms with Crippen molar-refractivity contribution in [1.82, 2.24) is 5.43 Å². The van der Waals surface area contributed by atoms with E-state index in [9.17, 15) is 4.79 Å². The molecule has 29 heavy (non-hydrogen) atoms. The van der Waals surface area contributed by atoms with Gasteiger partial charge < -0.3 is 9.47 Å². The van der Waals surface area contributed by atoms with Crippen LogP contribution in [0.15, 0.2) is 77.9 Å². The number of benzene rings is 3. The van der Waals surface area contributed by atoms with Gasteiger partial charge in [0.2, 0.25) is 0 Å². The van der Waals surface area contributed by atoms with E-state index >= 15 is 0 Å². The minimum atomic E-state index is -0.319. The number of amides is 1. The number of hydrogen-bond donors (Lipinski definition) is 1. The summed E-state index contributed by atoms with van der Waals surface area (Å²) >= 11 is 0. The van der Waals surface area contributed by atoms with Crippen molar-refractivity contribution < 1.29 is 14.3 Å². The zero-order chi connectivity index (χ0) is 20.5. The Morgan fingerprint density at radius 3 is 2.41 bits per heavy atom. The van der Waals surface area contributed by atoms with Crippen molar-refractivity contribution >= 4 is 12.1 Å². The number of hydrazone groups is 1. The van der Waals surface area contributed by atoms with Gasteiger partial charge in [-0.25, -0.2) is 5.43 Å². The molecule has 5 heteroatoms. The van der Waals surface area contributed by atoms with E-state index in [1.165, 1.54) is 0 Å². The van der Waals surface area contributed by atoms with Crippen molar-refractivity contribution in [2.45, 2.75) is 20.5 Å². The highest BCUT2D eigenvalue weighted by Gasteiger charge is 2.06. The van der Waals surface area contributed by atoms with Crippen LogP contribution in [0.1, 0.15) is 22.3 Å². The molecule has 0 aliphatic heterocycles. The third-order valence-corrected chi connectivity index (χ3v) is 4.27. The third-order valence-electron chi connectivity index (χ3n) is 4.27. The largest absolute Gasteiger partial charge is 0.489 e. The quantitative estimate of drug-likeness (QED) is 0.459. The summed E-state index contributed by atoms with van der Waals surface area (Å²) in [6, 6.07) is 23.3. The number of nitrogens with one attached hydrogen (secondary N) is 1. The number of hydrogen-bond acceptors (Lipinski definition) is 4. The molecule has 5 nitrogen and oxygen atoms in total. The summed E-state index contributed by atoms with van der Waals surface area (Å²) < 4.78 is 11.4. The van der Waals surface area contributed by atoms with E-state index in [0.29, 0.717) is 6.61 Å². The fourth-order valence-electron chi connectivity index (χ4n) is 2.80. The Bertz CT molecular complexity index is 964. The number of carbonyl (C=O) groups is 1. The zero-order valence-electron chi connectivity index (χ0n) is 16.6. The molecule has 0 spiro atoms. The van der Waals surface area contributed by atoms with E-state index in [1.54, 1.807) is 6.21 Å². The maximum atomic E-state index is 12.0. The standard InChI is InChI=1S/C24H24N2O3/c1-18-8-6-9-19(2)24(18)29-17-23(27)26-25-15-21-12-7-13-22(14-21)28-16-20-10-4-3-5-11-20/h3-15H,16-17H2,1-2H3,(H,26,27)/b25-15-. The number of nitrogens with zero attached hydrogens (tertiary/aromatic N) is 1. The van der Waals surface area contributed by atoms with Gasteiger partial charge in [-0.1, -0.05) is 60.7 Å². The Kier molecular flexibility index (Phi) is 7.00. The highest BCUT2D eigenvalue weighted by atomic mass is 16.5. The van der Waals surface area contributed by atoms with Crippen LogP contribution < -0.4 is 14.9 Å². The second kappa shape index (κ2) is 10.1. The molecule has 0 atom stereocenters. The lowest BCUT2D eigenvalue weighted by Gasteiger charge is -2.10. The topological polar surface area (TPSA) is 59.9 Å². The smallest absolute Gasteiger partial charge is 0.277 e. The summed E-state index contributed by atoms with van der Waals surface area (Å²) in [5.74, 6) is 1.15. The van der Waals surface area contributed by atoms with Gasteiger partial charge in [0.15, 0.2) is 6.61 Å². The average Bonchev–Trinajstić information content (AvgIpc) is 2.73. The summed E-state index contributed by atoms with van der Waals surface area (Å²) in [5.41, 5.74) is 6.40. The molecule has 0 heterocycles. The number of aryl methyl sites for hydroxylation is 2. The molecule has 0 unspecified atom stereocenters. The molecule has 0 fully saturated rings. The summed E-state index contributed by atoms with van der Waals surface area (Å²) in [6.07, 6.45) is 1.58. The molecule has 0 radical (unpaired) electrons. The Labute approximate surface area is 171 Å². The van der Waals surface area contributed by atoms with E-state index in [0.717, 1.165) is 33.8 Å². The Morgan fingerprint density at radius 1 is 0.931 bits per heavy atom. The van der Waals surface area contributed by atoms with Gasteiger partial charge in [0, 0.05) is 0 Å². The van der Waals surface area contributed by atoms with Gasteiger partial charge >= 0.3 is 0 Å². The van der Waals surface area contributed by atoms with Crippen molar-refractivity contribution in [1.29, 1.82) is 0 Å². The average molecular weight is 388 g/mol. The molecule has 3 aromatic rings. The summed E-state index contributed by atoms with van der Waals surface area (Å²) in [7, 11) is 0. The number of carbonyl (C=O) groups excluding carboxylic acids is 1. The van der Waals surface area contributed by atoms with E-state index < -0.39 is 0 Å². The second-order valence-corrected chi connectivity index (χ2v) is 6.65. The lowest BCUT2D eigenvalue weighted by atomic mass is 10.1. The number of rotatable bonds is 8. The summed E-state index contributed by atoms with van der Waals surface area (Å²) in [6.45, 7) is 4.30. The highest BCUT2D eigenvalue weighted by Crippen LogP contribution is 2.22. The number of ether oxygens (including phenoxy) is 2. The minimum absolute atomic E-state index is 0.0940. The summed E-state index contributed by atoms with van der Waals surface area (Å²) in [4.78, 5) is 12.0. The van der Waals surface area contributed by atoms with Gasteiger partial charge in [-0.3, -0.25) is 4.79 Å². The van der Waals surface area contributed by atoms with Gasteiger partial charge in [0.25, 0.3) is 5.91 Å². The highest BCUT2D eigenvalue weighted by molar-refractivity contribution is 5.83. The van der Waals surface area contributed by atoms with Crippen LogP contribution in [0.25, 0.3) is 0 Å². The van der Waals surface area contributed by atoms with Gasteiger partial charge in [0.1, 0.15) is 18.1 Å². The fraction of sp³-hybridized carbons (Fsp3) is 0.167. The van der Waals surface area contributed by atoms with Crippen LogP contribution in [0.4, 0.5) is 0 Å². The van der Waals surface area contributed by atoms with Crippen LogP contribution in [0.3, 0.4) is 0 Å². The molecule has 0 saturated carbocycles. The molecule has 0 saturated heterocycles. The molecule has 0 bridgehead atoms. The van der Waals surface area contributed by atoms with Gasteiger partial charge in [-0.05, 0) is 48.2 Å². The first kappa shape index (κ1) is 20.1. The Morgan fingerprint density at radius 2 is 1.66 bits per heavy atom. The minimum Gasteiger partial charge on any atom is -0.489 e. The second-order valence-electron chi connectivity index (χ2n) is 6.65. The lowest BCUT2D eigenvalue weighted by Crippen LogP contribution is -2.25. The van der Waals surface area contributed by atoms with Gasteiger partial charge in [-0.15, -0.1) is 0 Å². The monoisotopic (exact) mass is 388 g/mol. The molecule has 148 valence electrons. The zero-order valence-corrected chi connectivity index (χ0v) is 16.6. The maximum absolute atomic E-state index is 12.0. The van der Waals surface area contributed by atoms with Crippen LogP contribution in [-0.2, 0) is 11.4 Å². The molecular formula is C24H24N2O3. The maximum Gasteiger partial charge on any atom is 0.277 e. The van der Waals surface area contributed by atoms with Crippen molar-refractivity contribution in [3.05, 3.63) is 95.1 Å². The predicted octanol–water partition coefficient (Wildman–Crippen LogP) is 4.41. The predicted molar refractivity (Wildman–Crippen MR) is 114 cm³/mol. The first-order valence-corrected chi connectivity index (χ1v) is 9.39. The van der Waals surface area contributed by atoms with E-state index in [4.69, 9.17) is 9.47 Å². The van der Waals surface area contributed by atoms with Gasteiger partial charge in [0.05, 0.1) is 6.21 Å². The van der Waals surface area contributed by atoms with Crippen molar-refractivity contribution in [3.8, 4) is 11.5 Å². The van der Waals surface area contributed by atoms with Crippen LogP contribution in [-0.4, -0.2) is 18.7 Å². The van der Waals surface area contributed by atoms with E-state index in [1.807, 2.05) is 86.6 Å². The lowest BCUT2D eigenvalue weighted by molar-refractivity contribution is -0.123. The van der Waals surface area contributed by atoms with E-state index in [2.05, 4.69) is 10.5 Å². The SMILES string of the molecule is Cc1cccc(C)c1OCC(=O)N/N=C\c1cccc(OCc2ccccc2)c1. The molecule has 3 aromatic carbocycles. The third kappa shape index (κ3) is 6.21. The Balaban J connectivity index is 1.49. The first-order valence-electron chi connectivity index (χ1n) is 9.39. The number of para-hydroxylation sites is 1. The first-order chi connectivity index (χ1) is 14.1. The fourth-order valence-corrected chi connectivity index (χ4v) is 2.80. The normalized spacial score (nSPS) is 10.7. The van der Waals surface area contributed by atoms with Crippen molar-refractivity contribution in [2.24, 2.45) is 5.10 Å².